The molecule has 19 heavy (non-hydrogen) atoms. The van der Waals surface area contributed by atoms with Gasteiger partial charge in [0.1, 0.15) is 5.82 Å². The van der Waals surface area contributed by atoms with E-state index < -0.39 is 5.82 Å². The van der Waals surface area contributed by atoms with Crippen LogP contribution in [0.15, 0.2) is 18.2 Å². The summed E-state index contributed by atoms with van der Waals surface area (Å²) in [6, 6.07) is 5.19. The summed E-state index contributed by atoms with van der Waals surface area (Å²) in [6.45, 7) is 0.728. The zero-order valence-electron chi connectivity index (χ0n) is 10.0. The van der Waals surface area contributed by atoms with Crippen molar-refractivity contribution in [3.8, 4) is 11.3 Å². The van der Waals surface area contributed by atoms with Crippen molar-refractivity contribution in [3.05, 3.63) is 39.8 Å². The summed E-state index contributed by atoms with van der Waals surface area (Å²) < 4.78 is 13.5. The highest BCUT2D eigenvalue weighted by Gasteiger charge is 2.20. The molecule has 1 fully saturated rings. The van der Waals surface area contributed by atoms with Gasteiger partial charge in [-0.1, -0.05) is 23.2 Å². The predicted octanol–water partition coefficient (Wildman–Crippen LogP) is 3.77. The molecule has 100 valence electrons. The average Bonchev–Trinajstić information content (AvgIpc) is 3.09. The Hall–Kier alpha value is -1.10. The molecular formula is C13H12Cl2FN3. The molecule has 1 heterocycles. The third-order valence-electron chi connectivity index (χ3n) is 3.08. The second-order valence-electron chi connectivity index (χ2n) is 4.68. The van der Waals surface area contributed by atoms with E-state index in [2.05, 4.69) is 15.5 Å². The Morgan fingerprint density at radius 3 is 2.79 bits per heavy atom. The third-order valence-corrected chi connectivity index (χ3v) is 3.68. The van der Waals surface area contributed by atoms with E-state index in [-0.39, 0.29) is 5.02 Å². The minimum Gasteiger partial charge on any atom is -0.308 e. The first-order valence-corrected chi connectivity index (χ1v) is 6.81. The van der Waals surface area contributed by atoms with E-state index in [1.54, 1.807) is 0 Å². The topological polar surface area (TPSA) is 40.7 Å². The number of nitrogens with zero attached hydrogens (tertiary/aromatic N) is 1. The lowest BCUT2D eigenvalue weighted by Crippen LogP contribution is -2.15. The van der Waals surface area contributed by atoms with Crippen LogP contribution in [-0.2, 0) is 6.54 Å². The fourth-order valence-electron chi connectivity index (χ4n) is 1.85. The summed E-state index contributed by atoms with van der Waals surface area (Å²) in [5, 5.41) is 10.9. The second-order valence-corrected chi connectivity index (χ2v) is 5.49. The van der Waals surface area contributed by atoms with E-state index in [9.17, 15) is 4.39 Å². The SMILES string of the molecule is Fc1cc(-c2cc(CNC3CC3)[nH]n2)c(Cl)cc1Cl. The van der Waals surface area contributed by atoms with Gasteiger partial charge in [-0.2, -0.15) is 5.10 Å². The van der Waals surface area contributed by atoms with Gasteiger partial charge in [0.15, 0.2) is 0 Å². The van der Waals surface area contributed by atoms with Gasteiger partial charge in [-0.25, -0.2) is 4.39 Å². The second kappa shape index (κ2) is 5.12. The van der Waals surface area contributed by atoms with Crippen LogP contribution < -0.4 is 5.32 Å². The zero-order valence-corrected chi connectivity index (χ0v) is 11.5. The lowest BCUT2D eigenvalue weighted by molar-refractivity contribution is 0.628. The minimum atomic E-state index is -0.498. The monoisotopic (exact) mass is 299 g/mol. The van der Waals surface area contributed by atoms with Crippen LogP contribution in [0.5, 0.6) is 0 Å². The molecule has 0 saturated heterocycles. The molecule has 0 spiro atoms. The maximum atomic E-state index is 13.5. The van der Waals surface area contributed by atoms with E-state index in [4.69, 9.17) is 23.2 Å². The van der Waals surface area contributed by atoms with Gasteiger partial charge in [-0.15, -0.1) is 0 Å². The molecule has 1 aliphatic carbocycles. The molecule has 2 aromatic rings. The van der Waals surface area contributed by atoms with Crippen LogP contribution in [0, 0.1) is 5.82 Å². The lowest BCUT2D eigenvalue weighted by atomic mass is 10.1. The number of aromatic nitrogens is 2. The van der Waals surface area contributed by atoms with Crippen molar-refractivity contribution in [2.75, 3.05) is 0 Å². The molecule has 0 radical (unpaired) electrons. The highest BCUT2D eigenvalue weighted by molar-refractivity contribution is 6.36. The molecule has 0 bridgehead atoms. The van der Waals surface area contributed by atoms with Crippen LogP contribution in [0.3, 0.4) is 0 Å². The highest BCUT2D eigenvalue weighted by Crippen LogP contribution is 2.31. The molecular weight excluding hydrogens is 288 g/mol. The van der Waals surface area contributed by atoms with Crippen LogP contribution in [-0.4, -0.2) is 16.2 Å². The van der Waals surface area contributed by atoms with Crippen LogP contribution >= 0.6 is 23.2 Å². The Bertz CT molecular complexity index is 608. The number of benzene rings is 1. The Kier molecular flexibility index (Phi) is 3.48. The molecule has 3 rings (SSSR count). The van der Waals surface area contributed by atoms with Crippen molar-refractivity contribution >= 4 is 23.2 Å². The Balaban J connectivity index is 1.83. The summed E-state index contributed by atoms with van der Waals surface area (Å²) in [4.78, 5) is 0. The summed E-state index contributed by atoms with van der Waals surface area (Å²) in [5.41, 5.74) is 2.11. The molecule has 1 saturated carbocycles. The van der Waals surface area contributed by atoms with Crippen molar-refractivity contribution < 1.29 is 4.39 Å². The largest absolute Gasteiger partial charge is 0.308 e. The molecule has 6 heteroatoms. The summed E-state index contributed by atoms with van der Waals surface area (Å²) in [6.07, 6.45) is 2.46. The van der Waals surface area contributed by atoms with Crippen molar-refractivity contribution in [1.29, 1.82) is 0 Å². The number of aromatic amines is 1. The normalized spacial score (nSPS) is 14.9. The van der Waals surface area contributed by atoms with Gasteiger partial charge in [0.05, 0.1) is 15.7 Å². The Morgan fingerprint density at radius 2 is 2.05 bits per heavy atom. The molecule has 0 aliphatic heterocycles. The van der Waals surface area contributed by atoms with E-state index in [1.165, 1.54) is 25.0 Å². The summed E-state index contributed by atoms with van der Waals surface area (Å²) in [5.74, 6) is -0.498. The minimum absolute atomic E-state index is 0.0138. The number of halogens is 3. The van der Waals surface area contributed by atoms with Gasteiger partial charge in [0.25, 0.3) is 0 Å². The quantitative estimate of drug-likeness (QED) is 0.844. The van der Waals surface area contributed by atoms with Gasteiger partial charge < -0.3 is 5.32 Å². The third kappa shape index (κ3) is 2.91. The van der Waals surface area contributed by atoms with E-state index in [0.717, 1.165) is 12.2 Å². The molecule has 1 aromatic heterocycles. The molecule has 1 aromatic carbocycles. The Morgan fingerprint density at radius 1 is 1.26 bits per heavy atom. The molecule has 0 amide bonds. The molecule has 0 unspecified atom stereocenters. The van der Waals surface area contributed by atoms with Crippen LogP contribution in [0.4, 0.5) is 4.39 Å². The van der Waals surface area contributed by atoms with Gasteiger partial charge >= 0.3 is 0 Å². The number of H-pyrrole nitrogens is 1. The predicted molar refractivity (Wildman–Crippen MR) is 73.9 cm³/mol. The number of rotatable bonds is 4. The van der Waals surface area contributed by atoms with E-state index in [1.807, 2.05) is 6.07 Å². The molecule has 2 N–H and O–H groups in total. The van der Waals surface area contributed by atoms with Gasteiger partial charge in [0, 0.05) is 23.8 Å². The standard InChI is InChI=1S/C13H12Cl2FN3/c14-10-5-11(15)12(16)4-9(10)13-3-8(18-19-13)6-17-7-1-2-7/h3-5,7,17H,1-2,6H2,(H,18,19). The van der Waals surface area contributed by atoms with E-state index in [0.29, 0.717) is 22.3 Å². The summed E-state index contributed by atoms with van der Waals surface area (Å²) in [7, 11) is 0. The van der Waals surface area contributed by atoms with Crippen molar-refractivity contribution in [1.82, 2.24) is 15.5 Å². The smallest absolute Gasteiger partial charge is 0.142 e. The molecule has 0 atom stereocenters. The first-order valence-electron chi connectivity index (χ1n) is 6.06. The molecule has 3 nitrogen and oxygen atoms in total. The summed E-state index contributed by atoms with van der Waals surface area (Å²) >= 11 is 11.7. The fourth-order valence-corrected chi connectivity index (χ4v) is 2.33. The van der Waals surface area contributed by atoms with Crippen LogP contribution in [0.1, 0.15) is 18.5 Å². The van der Waals surface area contributed by atoms with Gasteiger partial charge in [0.2, 0.25) is 0 Å². The van der Waals surface area contributed by atoms with Crippen LogP contribution in [0.25, 0.3) is 11.3 Å². The number of hydrogen-bond donors (Lipinski definition) is 2. The zero-order chi connectivity index (χ0) is 13.4. The number of nitrogens with one attached hydrogen (secondary N) is 2. The van der Waals surface area contributed by atoms with Crippen molar-refractivity contribution in [3.63, 3.8) is 0 Å². The first kappa shape index (κ1) is 12.9. The lowest BCUT2D eigenvalue weighted by Gasteiger charge is -2.02. The first-order chi connectivity index (χ1) is 9.13. The Labute approximate surface area is 120 Å². The van der Waals surface area contributed by atoms with Crippen molar-refractivity contribution in [2.24, 2.45) is 0 Å². The van der Waals surface area contributed by atoms with Crippen LogP contribution in [0.2, 0.25) is 10.0 Å². The molecule has 1 aliphatic rings. The van der Waals surface area contributed by atoms with Crippen molar-refractivity contribution in [2.45, 2.75) is 25.4 Å². The van der Waals surface area contributed by atoms with Gasteiger partial charge in [-0.05, 0) is 31.0 Å². The van der Waals surface area contributed by atoms with Gasteiger partial charge in [-0.3, -0.25) is 5.10 Å². The maximum absolute atomic E-state index is 13.5. The average molecular weight is 300 g/mol. The maximum Gasteiger partial charge on any atom is 0.142 e. The number of hydrogen-bond acceptors (Lipinski definition) is 2. The van der Waals surface area contributed by atoms with E-state index >= 15 is 0 Å². The fraction of sp³-hybridized carbons (Fsp3) is 0.308. The highest BCUT2D eigenvalue weighted by atomic mass is 35.5.